The highest BCUT2D eigenvalue weighted by molar-refractivity contribution is 5.92. The highest BCUT2D eigenvalue weighted by atomic mass is 16.2. The highest BCUT2D eigenvalue weighted by Crippen LogP contribution is 2.21. The van der Waals surface area contributed by atoms with Crippen molar-refractivity contribution in [2.75, 3.05) is 31.5 Å². The Labute approximate surface area is 164 Å². The SMILES string of the molecule is O=C(CCC(=O)N1CCC(N2CCCCC2)CC1)Nc1nnc2ccccn12. The molecule has 4 heterocycles. The van der Waals surface area contributed by atoms with Crippen LogP contribution in [0.5, 0.6) is 0 Å². The molecule has 0 spiro atoms. The summed E-state index contributed by atoms with van der Waals surface area (Å²) in [6, 6.07) is 6.15. The van der Waals surface area contributed by atoms with E-state index in [2.05, 4.69) is 20.4 Å². The lowest BCUT2D eigenvalue weighted by Gasteiger charge is -2.40. The Morgan fingerprint density at radius 1 is 1.00 bits per heavy atom. The molecular weight excluding hydrogens is 356 g/mol. The highest BCUT2D eigenvalue weighted by Gasteiger charge is 2.27. The van der Waals surface area contributed by atoms with Gasteiger partial charge in [0.15, 0.2) is 5.65 Å². The molecule has 0 atom stereocenters. The Balaban J connectivity index is 1.21. The van der Waals surface area contributed by atoms with Gasteiger partial charge in [-0.3, -0.25) is 19.3 Å². The van der Waals surface area contributed by atoms with Gasteiger partial charge in [0.1, 0.15) is 0 Å². The first-order valence-corrected chi connectivity index (χ1v) is 10.3. The van der Waals surface area contributed by atoms with E-state index in [4.69, 9.17) is 0 Å². The van der Waals surface area contributed by atoms with E-state index in [0.717, 1.165) is 25.9 Å². The molecule has 2 aromatic rings. The zero-order chi connectivity index (χ0) is 19.3. The molecule has 0 unspecified atom stereocenters. The molecule has 8 nitrogen and oxygen atoms in total. The van der Waals surface area contributed by atoms with E-state index >= 15 is 0 Å². The molecule has 2 aliphatic rings. The lowest BCUT2D eigenvalue weighted by atomic mass is 9.99. The maximum absolute atomic E-state index is 12.5. The number of amides is 2. The minimum Gasteiger partial charge on any atom is -0.343 e. The smallest absolute Gasteiger partial charge is 0.235 e. The number of hydrogen-bond acceptors (Lipinski definition) is 5. The third-order valence-corrected chi connectivity index (χ3v) is 5.86. The van der Waals surface area contributed by atoms with Crippen molar-refractivity contribution in [2.45, 2.75) is 51.0 Å². The zero-order valence-corrected chi connectivity index (χ0v) is 16.2. The molecule has 4 rings (SSSR count). The first-order valence-electron chi connectivity index (χ1n) is 10.3. The first kappa shape index (κ1) is 18.9. The summed E-state index contributed by atoms with van der Waals surface area (Å²) >= 11 is 0. The van der Waals surface area contributed by atoms with Crippen LogP contribution in [0.1, 0.15) is 44.9 Å². The number of fused-ring (bicyclic) bond motifs is 1. The van der Waals surface area contributed by atoms with Crippen LogP contribution >= 0.6 is 0 Å². The second-order valence-electron chi connectivity index (χ2n) is 7.71. The van der Waals surface area contributed by atoms with Crippen LogP contribution in [0, 0.1) is 0 Å². The van der Waals surface area contributed by atoms with Gasteiger partial charge in [0.25, 0.3) is 0 Å². The lowest BCUT2D eigenvalue weighted by molar-refractivity contribution is -0.134. The van der Waals surface area contributed by atoms with Crippen LogP contribution in [0.4, 0.5) is 5.95 Å². The molecule has 150 valence electrons. The van der Waals surface area contributed by atoms with Gasteiger partial charge in [-0.05, 0) is 50.9 Å². The van der Waals surface area contributed by atoms with Crippen LogP contribution < -0.4 is 5.32 Å². The number of piperidine rings is 2. The zero-order valence-electron chi connectivity index (χ0n) is 16.2. The van der Waals surface area contributed by atoms with E-state index in [1.165, 1.54) is 32.4 Å². The van der Waals surface area contributed by atoms with E-state index in [0.29, 0.717) is 17.6 Å². The molecule has 2 amide bonds. The summed E-state index contributed by atoms with van der Waals surface area (Å²) in [6.07, 6.45) is 8.23. The number of rotatable bonds is 5. The number of nitrogens with one attached hydrogen (secondary N) is 1. The van der Waals surface area contributed by atoms with E-state index in [-0.39, 0.29) is 24.7 Å². The van der Waals surface area contributed by atoms with Crippen LogP contribution in [0.3, 0.4) is 0 Å². The van der Waals surface area contributed by atoms with E-state index in [9.17, 15) is 9.59 Å². The molecule has 0 radical (unpaired) electrons. The molecule has 8 heteroatoms. The van der Waals surface area contributed by atoms with Gasteiger partial charge in [-0.25, -0.2) is 0 Å². The fourth-order valence-corrected chi connectivity index (χ4v) is 4.26. The number of hydrogen-bond donors (Lipinski definition) is 1. The van der Waals surface area contributed by atoms with Crippen LogP contribution in [0.2, 0.25) is 0 Å². The van der Waals surface area contributed by atoms with Crippen molar-refractivity contribution in [3.63, 3.8) is 0 Å². The Morgan fingerprint density at radius 3 is 2.57 bits per heavy atom. The van der Waals surface area contributed by atoms with Crippen LogP contribution in [-0.4, -0.2) is 68.4 Å². The predicted molar refractivity (Wildman–Crippen MR) is 106 cm³/mol. The molecule has 0 saturated carbocycles. The standard InChI is InChI=1S/C20H28N6O2/c27-18(21-20-23-22-17-6-2-5-13-26(17)20)7-8-19(28)25-14-9-16(10-15-25)24-11-3-1-4-12-24/h2,5-6,13,16H,1,3-4,7-12,14-15H2,(H,21,23,27). The number of carbonyl (C=O) groups excluding carboxylic acids is 2. The summed E-state index contributed by atoms with van der Waals surface area (Å²) in [5.41, 5.74) is 0.672. The van der Waals surface area contributed by atoms with E-state index < -0.39 is 0 Å². The summed E-state index contributed by atoms with van der Waals surface area (Å²) < 4.78 is 1.71. The second-order valence-corrected chi connectivity index (χ2v) is 7.71. The van der Waals surface area contributed by atoms with Gasteiger partial charge >= 0.3 is 0 Å². The molecule has 28 heavy (non-hydrogen) atoms. The number of aromatic nitrogens is 3. The summed E-state index contributed by atoms with van der Waals surface area (Å²) in [7, 11) is 0. The summed E-state index contributed by atoms with van der Waals surface area (Å²) in [4.78, 5) is 29.2. The van der Waals surface area contributed by atoms with Gasteiger partial charge in [-0.15, -0.1) is 10.2 Å². The Bertz CT molecular complexity index is 821. The van der Waals surface area contributed by atoms with Gasteiger partial charge in [-0.1, -0.05) is 12.5 Å². The van der Waals surface area contributed by atoms with E-state index in [1.807, 2.05) is 23.1 Å². The largest absolute Gasteiger partial charge is 0.343 e. The molecule has 0 bridgehead atoms. The average molecular weight is 384 g/mol. The molecule has 0 aliphatic carbocycles. The first-order chi connectivity index (χ1) is 13.7. The van der Waals surface area contributed by atoms with E-state index in [1.54, 1.807) is 10.6 Å². The molecule has 2 aliphatic heterocycles. The maximum atomic E-state index is 12.5. The van der Waals surface area contributed by atoms with Crippen molar-refractivity contribution in [1.29, 1.82) is 0 Å². The van der Waals surface area contributed by atoms with Crippen molar-refractivity contribution in [1.82, 2.24) is 24.4 Å². The number of likely N-dealkylation sites (tertiary alicyclic amines) is 2. The van der Waals surface area contributed by atoms with Crippen molar-refractivity contribution in [2.24, 2.45) is 0 Å². The van der Waals surface area contributed by atoms with Crippen molar-refractivity contribution < 1.29 is 9.59 Å². The minimum absolute atomic E-state index is 0.0679. The van der Waals surface area contributed by atoms with Crippen molar-refractivity contribution >= 4 is 23.4 Å². The van der Waals surface area contributed by atoms with Crippen LogP contribution in [-0.2, 0) is 9.59 Å². The van der Waals surface area contributed by atoms with Gasteiger partial charge < -0.3 is 9.80 Å². The topological polar surface area (TPSA) is 82.8 Å². The summed E-state index contributed by atoms with van der Waals surface area (Å²) in [6.45, 7) is 4.01. The second kappa shape index (κ2) is 8.68. The van der Waals surface area contributed by atoms with Crippen LogP contribution in [0.15, 0.2) is 24.4 Å². The van der Waals surface area contributed by atoms with Crippen LogP contribution in [0.25, 0.3) is 5.65 Å². The predicted octanol–water partition coefficient (Wildman–Crippen LogP) is 1.92. The Morgan fingerprint density at radius 2 is 1.79 bits per heavy atom. The van der Waals surface area contributed by atoms with Gasteiger partial charge in [0.05, 0.1) is 0 Å². The third-order valence-electron chi connectivity index (χ3n) is 5.86. The maximum Gasteiger partial charge on any atom is 0.235 e. The number of anilines is 1. The number of pyridine rings is 1. The normalized spacial score (nSPS) is 19.1. The van der Waals surface area contributed by atoms with Crippen molar-refractivity contribution in [3.8, 4) is 0 Å². The fraction of sp³-hybridized carbons (Fsp3) is 0.600. The quantitative estimate of drug-likeness (QED) is 0.852. The number of nitrogens with zero attached hydrogens (tertiary/aromatic N) is 5. The lowest BCUT2D eigenvalue weighted by Crippen LogP contribution is -2.48. The third kappa shape index (κ3) is 4.32. The molecule has 2 aromatic heterocycles. The molecule has 2 saturated heterocycles. The monoisotopic (exact) mass is 384 g/mol. The average Bonchev–Trinajstić information content (AvgIpc) is 3.15. The molecular formula is C20H28N6O2. The minimum atomic E-state index is -0.213. The summed E-state index contributed by atoms with van der Waals surface area (Å²) in [5.74, 6) is 0.239. The molecule has 0 aromatic carbocycles. The summed E-state index contributed by atoms with van der Waals surface area (Å²) in [5, 5.41) is 10.7. The number of carbonyl (C=O) groups is 2. The van der Waals surface area contributed by atoms with Gasteiger partial charge in [-0.2, -0.15) is 0 Å². The van der Waals surface area contributed by atoms with Gasteiger partial charge in [0.2, 0.25) is 17.8 Å². The Hall–Kier alpha value is -2.48. The molecule has 1 N–H and O–H groups in total. The fourth-order valence-electron chi connectivity index (χ4n) is 4.26. The van der Waals surface area contributed by atoms with Crippen molar-refractivity contribution in [3.05, 3.63) is 24.4 Å². The van der Waals surface area contributed by atoms with Gasteiger partial charge in [0, 0.05) is 38.2 Å². The Kier molecular flexibility index (Phi) is 5.85. The molecule has 2 fully saturated rings.